The van der Waals surface area contributed by atoms with E-state index in [0.717, 1.165) is 30.0 Å². The van der Waals surface area contributed by atoms with E-state index in [1.54, 1.807) is 6.26 Å². The van der Waals surface area contributed by atoms with Crippen LogP contribution in [-0.2, 0) is 0 Å². The highest BCUT2D eigenvalue weighted by Crippen LogP contribution is 2.13. The fourth-order valence-electron chi connectivity index (χ4n) is 0.983. The largest absolute Gasteiger partial charge is 0.445 e. The molecule has 1 heterocycles. The third-order valence-corrected chi connectivity index (χ3v) is 1.70. The number of unbranched alkanes of at least 4 members (excludes halogenated alkanes) is 1. The lowest BCUT2D eigenvalue weighted by atomic mass is 10.2. The van der Waals surface area contributed by atoms with Crippen LogP contribution in [0.1, 0.15) is 38.3 Å². The lowest BCUT2D eigenvalue weighted by Crippen LogP contribution is -1.79. The van der Waals surface area contributed by atoms with E-state index in [0.29, 0.717) is 0 Å². The Morgan fingerprint density at radius 3 is 2.92 bits per heavy atom. The van der Waals surface area contributed by atoms with Gasteiger partial charge >= 0.3 is 0 Å². The number of rotatable bonds is 3. The van der Waals surface area contributed by atoms with Crippen LogP contribution in [0.25, 0.3) is 5.57 Å². The molecule has 0 aromatic carbocycles. The lowest BCUT2D eigenvalue weighted by molar-refractivity contribution is 0.541. The van der Waals surface area contributed by atoms with Crippen molar-refractivity contribution < 1.29 is 4.42 Å². The zero-order valence-corrected chi connectivity index (χ0v) is 7.92. The predicted octanol–water partition coefficient (Wildman–Crippen LogP) is 3.19. The Kier molecular flexibility index (Phi) is 3.09. The Hall–Kier alpha value is -1.05. The van der Waals surface area contributed by atoms with Crippen molar-refractivity contribution in [2.24, 2.45) is 0 Å². The molecule has 2 nitrogen and oxygen atoms in total. The third-order valence-electron chi connectivity index (χ3n) is 1.70. The van der Waals surface area contributed by atoms with Crippen LogP contribution in [0.3, 0.4) is 0 Å². The third kappa shape index (κ3) is 2.22. The van der Waals surface area contributed by atoms with Gasteiger partial charge in [0, 0.05) is 5.57 Å². The van der Waals surface area contributed by atoms with Crippen molar-refractivity contribution in [3.05, 3.63) is 23.9 Å². The summed E-state index contributed by atoms with van der Waals surface area (Å²) in [5.74, 6) is 0.751. The van der Waals surface area contributed by atoms with Crippen molar-refractivity contribution in [3.8, 4) is 0 Å². The fourth-order valence-corrected chi connectivity index (χ4v) is 0.983. The normalized spacial score (nSPS) is 12.1. The molecule has 1 aromatic rings. The number of nitrogens with zero attached hydrogens (tertiary/aromatic N) is 1. The van der Waals surface area contributed by atoms with Gasteiger partial charge in [-0.2, -0.15) is 0 Å². The van der Waals surface area contributed by atoms with Crippen molar-refractivity contribution in [2.75, 3.05) is 0 Å². The maximum atomic E-state index is 5.24. The summed E-state index contributed by atoms with van der Waals surface area (Å²) in [7, 11) is 0. The first kappa shape index (κ1) is 9.04. The maximum Gasteiger partial charge on any atom is 0.221 e. The Labute approximate surface area is 73.3 Å². The highest BCUT2D eigenvalue weighted by atomic mass is 16.3. The molecule has 0 unspecified atom stereocenters. The van der Waals surface area contributed by atoms with E-state index in [2.05, 4.69) is 18.0 Å². The average Bonchev–Trinajstić information content (AvgIpc) is 2.47. The molecule has 0 atom stereocenters. The molecule has 0 saturated heterocycles. The van der Waals surface area contributed by atoms with Gasteiger partial charge in [0.05, 0.1) is 5.69 Å². The first-order chi connectivity index (χ1) is 5.74. The Morgan fingerprint density at radius 2 is 2.42 bits per heavy atom. The zero-order chi connectivity index (χ0) is 8.97. The van der Waals surface area contributed by atoms with Crippen LogP contribution in [0.15, 0.2) is 16.8 Å². The summed E-state index contributed by atoms with van der Waals surface area (Å²) in [5, 5.41) is 0. The summed E-state index contributed by atoms with van der Waals surface area (Å²) in [6.45, 7) is 6.12. The Bertz CT molecular complexity index is 273. The van der Waals surface area contributed by atoms with Crippen LogP contribution in [0, 0.1) is 6.92 Å². The summed E-state index contributed by atoms with van der Waals surface area (Å²) in [5.41, 5.74) is 2.07. The second-order valence-electron chi connectivity index (χ2n) is 2.97. The van der Waals surface area contributed by atoms with E-state index < -0.39 is 0 Å². The average molecular weight is 165 g/mol. The summed E-state index contributed by atoms with van der Waals surface area (Å²) in [6, 6.07) is 0. The Balaban J connectivity index is 2.70. The number of allylic oxidation sites excluding steroid dienone is 2. The molecule has 0 aliphatic heterocycles. The van der Waals surface area contributed by atoms with Crippen LogP contribution < -0.4 is 0 Å². The lowest BCUT2D eigenvalue weighted by Gasteiger charge is -1.92. The summed E-state index contributed by atoms with van der Waals surface area (Å²) >= 11 is 0. The minimum absolute atomic E-state index is 0.751. The predicted molar refractivity (Wildman–Crippen MR) is 49.8 cm³/mol. The van der Waals surface area contributed by atoms with Crippen molar-refractivity contribution in [2.45, 2.75) is 33.6 Å². The van der Waals surface area contributed by atoms with E-state index in [-0.39, 0.29) is 0 Å². The maximum absolute atomic E-state index is 5.24. The van der Waals surface area contributed by atoms with Gasteiger partial charge in [-0.25, -0.2) is 4.98 Å². The van der Waals surface area contributed by atoms with Gasteiger partial charge in [0.25, 0.3) is 0 Å². The molecule has 0 amide bonds. The quantitative estimate of drug-likeness (QED) is 0.687. The number of oxazole rings is 1. The molecule has 12 heavy (non-hydrogen) atoms. The van der Waals surface area contributed by atoms with E-state index in [9.17, 15) is 0 Å². The first-order valence-corrected chi connectivity index (χ1v) is 4.33. The van der Waals surface area contributed by atoms with Gasteiger partial charge in [0.2, 0.25) is 5.89 Å². The van der Waals surface area contributed by atoms with Crippen LogP contribution >= 0.6 is 0 Å². The van der Waals surface area contributed by atoms with E-state index >= 15 is 0 Å². The molecule has 0 fully saturated rings. The van der Waals surface area contributed by atoms with Gasteiger partial charge in [-0.05, 0) is 20.3 Å². The van der Waals surface area contributed by atoms with Gasteiger partial charge in [-0.15, -0.1) is 0 Å². The van der Waals surface area contributed by atoms with Crippen molar-refractivity contribution in [3.63, 3.8) is 0 Å². The molecule has 0 radical (unpaired) electrons. The summed E-state index contributed by atoms with van der Waals surface area (Å²) < 4.78 is 5.24. The molecular weight excluding hydrogens is 150 g/mol. The SMILES string of the molecule is CCC/C=C(\C)c1nc(C)co1. The second-order valence-corrected chi connectivity index (χ2v) is 2.97. The van der Waals surface area contributed by atoms with Crippen molar-refractivity contribution in [1.82, 2.24) is 4.98 Å². The molecule has 1 aromatic heterocycles. The van der Waals surface area contributed by atoms with Crippen LogP contribution in [-0.4, -0.2) is 4.98 Å². The number of hydrogen-bond acceptors (Lipinski definition) is 2. The molecule has 0 spiro atoms. The number of hydrogen-bond donors (Lipinski definition) is 0. The molecule has 0 bridgehead atoms. The van der Waals surface area contributed by atoms with Crippen LogP contribution in [0.5, 0.6) is 0 Å². The van der Waals surface area contributed by atoms with Gasteiger partial charge in [-0.1, -0.05) is 19.4 Å². The highest BCUT2D eigenvalue weighted by Gasteiger charge is 2.00. The first-order valence-electron chi connectivity index (χ1n) is 4.33. The molecule has 0 aliphatic carbocycles. The summed E-state index contributed by atoms with van der Waals surface area (Å²) in [4.78, 5) is 4.23. The van der Waals surface area contributed by atoms with E-state index in [1.807, 2.05) is 13.8 Å². The minimum atomic E-state index is 0.751. The Morgan fingerprint density at radius 1 is 1.67 bits per heavy atom. The monoisotopic (exact) mass is 165 g/mol. The standard InChI is InChI=1S/C10H15NO/c1-4-5-6-8(2)10-11-9(3)7-12-10/h6-7H,4-5H2,1-3H3/b8-6+. The molecule has 66 valence electrons. The minimum Gasteiger partial charge on any atom is -0.445 e. The molecular formula is C10H15NO. The van der Waals surface area contributed by atoms with Gasteiger partial charge in [0.1, 0.15) is 6.26 Å². The van der Waals surface area contributed by atoms with Crippen LogP contribution in [0.2, 0.25) is 0 Å². The van der Waals surface area contributed by atoms with E-state index in [4.69, 9.17) is 4.42 Å². The van der Waals surface area contributed by atoms with Gasteiger partial charge in [0.15, 0.2) is 0 Å². The molecule has 2 heteroatoms. The highest BCUT2D eigenvalue weighted by molar-refractivity contribution is 5.55. The van der Waals surface area contributed by atoms with Crippen molar-refractivity contribution in [1.29, 1.82) is 0 Å². The fraction of sp³-hybridized carbons (Fsp3) is 0.500. The summed E-state index contributed by atoms with van der Waals surface area (Å²) in [6.07, 6.45) is 6.09. The van der Waals surface area contributed by atoms with Crippen molar-refractivity contribution >= 4 is 5.57 Å². The number of aryl methyl sites for hydroxylation is 1. The topological polar surface area (TPSA) is 26.0 Å². The molecule has 0 saturated carbocycles. The molecule has 1 rings (SSSR count). The number of aromatic nitrogens is 1. The second kappa shape index (κ2) is 4.10. The molecule has 0 N–H and O–H groups in total. The van der Waals surface area contributed by atoms with E-state index in [1.165, 1.54) is 0 Å². The van der Waals surface area contributed by atoms with Crippen LogP contribution in [0.4, 0.5) is 0 Å². The smallest absolute Gasteiger partial charge is 0.221 e. The zero-order valence-electron chi connectivity index (χ0n) is 7.92. The molecule has 0 aliphatic rings. The van der Waals surface area contributed by atoms with Gasteiger partial charge < -0.3 is 4.42 Å². The van der Waals surface area contributed by atoms with Gasteiger partial charge in [-0.3, -0.25) is 0 Å².